The van der Waals surface area contributed by atoms with Crippen molar-refractivity contribution in [3.63, 3.8) is 0 Å². The van der Waals surface area contributed by atoms with E-state index in [0.29, 0.717) is 6.42 Å². The highest BCUT2D eigenvalue weighted by atomic mass is 16.4. The molecule has 80 valence electrons. The van der Waals surface area contributed by atoms with Crippen LogP contribution in [0.1, 0.15) is 12.8 Å². The zero-order valence-corrected chi connectivity index (χ0v) is 7.42. The first-order valence-corrected chi connectivity index (χ1v) is 4.55. The lowest BCUT2D eigenvalue weighted by Gasteiger charge is -2.41. The van der Waals surface area contributed by atoms with Crippen molar-refractivity contribution in [3.8, 4) is 0 Å². The number of carbonyl (C=O) groups is 1. The summed E-state index contributed by atoms with van der Waals surface area (Å²) in [6.45, 7) is 0. The topological polar surface area (TPSA) is 110 Å². The van der Waals surface area contributed by atoms with Crippen LogP contribution in [0.3, 0.4) is 0 Å². The van der Waals surface area contributed by atoms with Gasteiger partial charge in [-0.2, -0.15) is 0 Å². The molecule has 0 radical (unpaired) electrons. The predicted octanol–water partition coefficient (Wildman–Crippen LogP) is -2.14. The monoisotopic (exact) mass is 203 g/mol. The number of hydrogen-bond acceptors (Lipinski definition) is 5. The molecule has 0 aromatic heterocycles. The second-order valence-electron chi connectivity index (χ2n) is 4.01. The van der Waals surface area contributed by atoms with E-state index in [1.807, 2.05) is 0 Å². The van der Waals surface area contributed by atoms with E-state index in [1.54, 1.807) is 0 Å². The van der Waals surface area contributed by atoms with Crippen LogP contribution in [0.5, 0.6) is 0 Å². The number of rotatable bonds is 1. The quantitative estimate of drug-likeness (QED) is 0.333. The Morgan fingerprint density at radius 2 is 2.07 bits per heavy atom. The summed E-state index contributed by atoms with van der Waals surface area (Å²) in [4.78, 5) is 10.8. The van der Waals surface area contributed by atoms with Gasteiger partial charge in [0.25, 0.3) is 0 Å². The smallest absolute Gasteiger partial charge is 0.312 e. The van der Waals surface area contributed by atoms with Gasteiger partial charge in [0.05, 0.1) is 6.10 Å². The van der Waals surface area contributed by atoms with Gasteiger partial charge in [-0.05, 0) is 12.8 Å². The molecule has 2 heterocycles. The average molecular weight is 203 g/mol. The standard InChI is InChI=1S/C8H13NO5/c10-5-3-1-2-8(14,9-3)6(11)4(5)7(12)13/h3-6,9-11,14H,1-2H2,(H,12,13)/t3?,4-,5?,6?,8-/m1/s1. The first-order chi connectivity index (χ1) is 6.46. The third kappa shape index (κ3) is 1.15. The first kappa shape index (κ1) is 9.85. The van der Waals surface area contributed by atoms with Gasteiger partial charge in [-0.15, -0.1) is 0 Å². The molecule has 0 saturated carbocycles. The van der Waals surface area contributed by atoms with Gasteiger partial charge >= 0.3 is 5.97 Å². The number of carboxylic acid groups (broad SMARTS) is 1. The number of aliphatic carboxylic acids is 1. The number of hydrogen-bond donors (Lipinski definition) is 5. The summed E-state index contributed by atoms with van der Waals surface area (Å²) in [5, 5.41) is 40.4. The van der Waals surface area contributed by atoms with Crippen LogP contribution in [0.25, 0.3) is 0 Å². The summed E-state index contributed by atoms with van der Waals surface area (Å²) in [6, 6.07) is -0.440. The summed E-state index contributed by atoms with van der Waals surface area (Å²) in [5.41, 5.74) is -1.55. The molecule has 2 aliphatic heterocycles. The summed E-state index contributed by atoms with van der Waals surface area (Å²) >= 11 is 0. The highest BCUT2D eigenvalue weighted by Gasteiger charge is 2.57. The number of nitrogens with one attached hydrogen (secondary N) is 1. The van der Waals surface area contributed by atoms with E-state index in [2.05, 4.69) is 5.32 Å². The lowest BCUT2D eigenvalue weighted by atomic mass is 9.85. The minimum atomic E-state index is -1.55. The maximum atomic E-state index is 10.8. The molecule has 2 fully saturated rings. The van der Waals surface area contributed by atoms with Gasteiger partial charge in [-0.25, -0.2) is 0 Å². The van der Waals surface area contributed by atoms with Crippen LogP contribution in [-0.2, 0) is 4.79 Å². The fourth-order valence-corrected chi connectivity index (χ4v) is 2.35. The summed E-state index contributed by atoms with van der Waals surface area (Å²) in [7, 11) is 0. The van der Waals surface area contributed by atoms with Crippen molar-refractivity contribution in [2.75, 3.05) is 0 Å². The number of piperidine rings is 1. The van der Waals surface area contributed by atoms with Gasteiger partial charge < -0.3 is 20.4 Å². The molecule has 5 N–H and O–H groups in total. The molecular weight excluding hydrogens is 190 g/mol. The van der Waals surface area contributed by atoms with E-state index < -0.39 is 35.9 Å². The highest BCUT2D eigenvalue weighted by Crippen LogP contribution is 2.37. The number of carboxylic acids is 1. The average Bonchev–Trinajstić information content (AvgIpc) is 2.44. The molecule has 0 aliphatic carbocycles. The van der Waals surface area contributed by atoms with Crippen molar-refractivity contribution in [2.24, 2.45) is 5.92 Å². The minimum absolute atomic E-state index is 0.264. The lowest BCUT2D eigenvalue weighted by molar-refractivity contribution is -0.184. The van der Waals surface area contributed by atoms with Gasteiger partial charge in [0, 0.05) is 6.04 Å². The molecular formula is C8H13NO5. The fraction of sp³-hybridized carbons (Fsp3) is 0.875. The third-order valence-corrected chi connectivity index (χ3v) is 3.17. The second kappa shape index (κ2) is 2.90. The van der Waals surface area contributed by atoms with E-state index in [9.17, 15) is 20.1 Å². The van der Waals surface area contributed by atoms with Gasteiger partial charge in [0.1, 0.15) is 17.7 Å². The molecule has 0 aromatic rings. The molecule has 2 rings (SSSR count). The van der Waals surface area contributed by atoms with Crippen molar-refractivity contribution in [3.05, 3.63) is 0 Å². The van der Waals surface area contributed by atoms with Crippen LogP contribution < -0.4 is 5.32 Å². The minimum Gasteiger partial charge on any atom is -0.481 e. The molecule has 2 aliphatic rings. The Labute approximate surface area is 80.2 Å². The zero-order chi connectivity index (χ0) is 10.5. The molecule has 6 heteroatoms. The Morgan fingerprint density at radius 1 is 1.43 bits per heavy atom. The summed E-state index contributed by atoms with van der Waals surface area (Å²) in [6.07, 6.45) is -1.88. The van der Waals surface area contributed by atoms with Crippen LogP contribution >= 0.6 is 0 Å². The summed E-state index contributed by atoms with van der Waals surface area (Å²) < 4.78 is 0. The lowest BCUT2D eigenvalue weighted by Crippen LogP contribution is -2.66. The van der Waals surface area contributed by atoms with Crippen molar-refractivity contribution in [1.82, 2.24) is 5.32 Å². The molecule has 0 amide bonds. The Balaban J connectivity index is 2.31. The molecule has 0 aromatic carbocycles. The molecule has 6 nitrogen and oxygen atoms in total. The largest absolute Gasteiger partial charge is 0.481 e. The van der Waals surface area contributed by atoms with Gasteiger partial charge in [-0.3, -0.25) is 10.1 Å². The van der Waals surface area contributed by atoms with E-state index in [-0.39, 0.29) is 6.42 Å². The van der Waals surface area contributed by atoms with E-state index in [1.165, 1.54) is 0 Å². The van der Waals surface area contributed by atoms with Crippen LogP contribution in [0.2, 0.25) is 0 Å². The number of aliphatic hydroxyl groups is 3. The first-order valence-electron chi connectivity index (χ1n) is 4.55. The van der Waals surface area contributed by atoms with Crippen molar-refractivity contribution in [1.29, 1.82) is 0 Å². The SMILES string of the molecule is O=C(O)[C@@H]1C(O)C2CC[C@](O)(N2)C1O. The molecule has 3 unspecified atom stereocenters. The Hall–Kier alpha value is -0.690. The Kier molecular flexibility index (Phi) is 2.04. The maximum Gasteiger partial charge on any atom is 0.312 e. The highest BCUT2D eigenvalue weighted by molar-refractivity contribution is 5.72. The number of fused-ring (bicyclic) bond motifs is 2. The Morgan fingerprint density at radius 3 is 2.64 bits per heavy atom. The van der Waals surface area contributed by atoms with E-state index in [4.69, 9.17) is 5.11 Å². The van der Waals surface area contributed by atoms with Crippen molar-refractivity contribution < 1.29 is 25.2 Å². The molecule has 14 heavy (non-hydrogen) atoms. The van der Waals surface area contributed by atoms with Gasteiger partial charge in [0.2, 0.25) is 0 Å². The van der Waals surface area contributed by atoms with Crippen LogP contribution in [-0.4, -0.2) is 50.4 Å². The van der Waals surface area contributed by atoms with E-state index >= 15 is 0 Å². The third-order valence-electron chi connectivity index (χ3n) is 3.17. The molecule has 2 saturated heterocycles. The van der Waals surface area contributed by atoms with Gasteiger partial charge in [0.15, 0.2) is 0 Å². The van der Waals surface area contributed by atoms with Crippen LogP contribution in [0.4, 0.5) is 0 Å². The second-order valence-corrected chi connectivity index (χ2v) is 4.01. The van der Waals surface area contributed by atoms with E-state index in [0.717, 1.165) is 0 Å². The maximum absolute atomic E-state index is 10.8. The zero-order valence-electron chi connectivity index (χ0n) is 7.42. The molecule has 0 spiro atoms. The van der Waals surface area contributed by atoms with Crippen LogP contribution in [0, 0.1) is 5.92 Å². The van der Waals surface area contributed by atoms with Crippen LogP contribution in [0.15, 0.2) is 0 Å². The normalized spacial score (nSPS) is 51.9. The van der Waals surface area contributed by atoms with Crippen molar-refractivity contribution in [2.45, 2.75) is 36.8 Å². The molecule has 2 bridgehead atoms. The van der Waals surface area contributed by atoms with Gasteiger partial charge in [-0.1, -0.05) is 0 Å². The van der Waals surface area contributed by atoms with Crippen molar-refractivity contribution >= 4 is 5.97 Å². The molecule has 5 atom stereocenters. The number of aliphatic hydroxyl groups excluding tert-OH is 2. The summed E-state index contributed by atoms with van der Waals surface area (Å²) in [5.74, 6) is -2.59. The predicted molar refractivity (Wildman–Crippen MR) is 44.2 cm³/mol. The Bertz CT molecular complexity index is 270. The fourth-order valence-electron chi connectivity index (χ4n) is 2.35.